The highest BCUT2D eigenvalue weighted by Crippen LogP contribution is 2.39. The van der Waals surface area contributed by atoms with E-state index in [1.165, 1.54) is 0 Å². The maximum Gasteiger partial charge on any atom is 0.416 e. The SMILES string of the molecule is NN(C(=O)CCl)c1c(Cl)cc(C(F)(F)F)cc1Cl. The molecule has 0 aliphatic rings. The Labute approximate surface area is 115 Å². The molecule has 18 heavy (non-hydrogen) atoms. The zero-order valence-corrected chi connectivity index (χ0v) is 10.8. The fourth-order valence-corrected chi connectivity index (χ4v) is 1.95. The molecule has 0 aromatic heterocycles. The summed E-state index contributed by atoms with van der Waals surface area (Å²) in [7, 11) is 0. The molecule has 0 aliphatic heterocycles. The number of nitrogens with zero attached hydrogens (tertiary/aromatic N) is 1. The van der Waals surface area contributed by atoms with E-state index in [0.29, 0.717) is 17.1 Å². The number of alkyl halides is 4. The summed E-state index contributed by atoms with van der Waals surface area (Å²) < 4.78 is 37.4. The van der Waals surface area contributed by atoms with Gasteiger partial charge in [0.1, 0.15) is 5.88 Å². The number of rotatable bonds is 2. The predicted molar refractivity (Wildman–Crippen MR) is 63.9 cm³/mol. The van der Waals surface area contributed by atoms with E-state index in [1.807, 2.05) is 0 Å². The molecule has 0 heterocycles. The van der Waals surface area contributed by atoms with Crippen molar-refractivity contribution in [2.45, 2.75) is 6.18 Å². The Bertz CT molecular complexity index is 456. The van der Waals surface area contributed by atoms with Gasteiger partial charge in [-0.2, -0.15) is 13.2 Å². The highest BCUT2D eigenvalue weighted by atomic mass is 35.5. The molecule has 2 N–H and O–H groups in total. The van der Waals surface area contributed by atoms with E-state index in [-0.39, 0.29) is 5.69 Å². The molecule has 0 atom stereocenters. The summed E-state index contributed by atoms with van der Waals surface area (Å²) in [5.74, 6) is 4.16. The molecule has 9 heteroatoms. The van der Waals surface area contributed by atoms with Crippen LogP contribution in [0.2, 0.25) is 10.0 Å². The number of nitrogens with two attached hydrogens (primary N) is 1. The highest BCUT2D eigenvalue weighted by Gasteiger charge is 2.32. The maximum atomic E-state index is 12.5. The summed E-state index contributed by atoms with van der Waals surface area (Å²) in [5.41, 5.74) is -1.26. The van der Waals surface area contributed by atoms with Crippen molar-refractivity contribution in [3.8, 4) is 0 Å². The summed E-state index contributed by atoms with van der Waals surface area (Å²) in [6, 6.07) is 1.26. The molecule has 0 fully saturated rings. The van der Waals surface area contributed by atoms with Crippen LogP contribution in [-0.2, 0) is 11.0 Å². The first kappa shape index (κ1) is 15.4. The Kier molecular flexibility index (Phi) is 4.72. The Balaban J connectivity index is 3.29. The standard InChI is InChI=1S/C9H6Cl3F3N2O/c10-3-7(18)17(16)8-5(11)1-4(2-6(8)12)9(13,14)15/h1-2H,3,16H2. The second kappa shape index (κ2) is 5.52. The fourth-order valence-electron chi connectivity index (χ4n) is 1.15. The monoisotopic (exact) mass is 320 g/mol. The number of benzene rings is 1. The van der Waals surface area contributed by atoms with Crippen LogP contribution in [0.1, 0.15) is 5.56 Å². The topological polar surface area (TPSA) is 46.3 Å². The van der Waals surface area contributed by atoms with Gasteiger partial charge in [0.15, 0.2) is 0 Å². The zero-order valence-electron chi connectivity index (χ0n) is 8.56. The summed E-state index contributed by atoms with van der Waals surface area (Å²) in [5, 5.41) is -0.274. The maximum absolute atomic E-state index is 12.5. The van der Waals surface area contributed by atoms with Crippen LogP contribution in [-0.4, -0.2) is 11.8 Å². The van der Waals surface area contributed by atoms with Crippen molar-refractivity contribution in [2.24, 2.45) is 5.84 Å². The molecule has 0 spiro atoms. The van der Waals surface area contributed by atoms with Crippen molar-refractivity contribution in [3.05, 3.63) is 27.7 Å². The van der Waals surface area contributed by atoms with Gasteiger partial charge in [-0.25, -0.2) is 10.9 Å². The number of anilines is 1. The van der Waals surface area contributed by atoms with Crippen molar-refractivity contribution in [3.63, 3.8) is 0 Å². The summed E-state index contributed by atoms with van der Waals surface area (Å²) in [4.78, 5) is 11.2. The minimum atomic E-state index is -4.60. The van der Waals surface area contributed by atoms with Crippen LogP contribution < -0.4 is 10.9 Å². The fraction of sp³-hybridized carbons (Fsp3) is 0.222. The van der Waals surface area contributed by atoms with Crippen LogP contribution in [0, 0.1) is 0 Å². The largest absolute Gasteiger partial charge is 0.416 e. The van der Waals surface area contributed by atoms with Gasteiger partial charge in [-0.05, 0) is 12.1 Å². The summed E-state index contributed by atoms with van der Waals surface area (Å²) in [6.45, 7) is 0. The van der Waals surface area contributed by atoms with Crippen LogP contribution in [0.5, 0.6) is 0 Å². The third kappa shape index (κ3) is 3.20. The number of amides is 1. The van der Waals surface area contributed by atoms with Gasteiger partial charge in [0.05, 0.1) is 21.3 Å². The number of carbonyl (C=O) groups excluding carboxylic acids is 1. The minimum absolute atomic E-state index is 0.225. The third-order valence-electron chi connectivity index (χ3n) is 1.97. The molecule has 0 radical (unpaired) electrons. The van der Waals surface area contributed by atoms with Crippen molar-refractivity contribution in [1.82, 2.24) is 0 Å². The van der Waals surface area contributed by atoms with E-state index < -0.39 is 33.6 Å². The lowest BCUT2D eigenvalue weighted by atomic mass is 10.2. The molecule has 1 aromatic carbocycles. The second-order valence-corrected chi connectivity index (χ2v) is 4.27. The molecule has 1 amide bonds. The lowest BCUT2D eigenvalue weighted by Crippen LogP contribution is -2.38. The lowest BCUT2D eigenvalue weighted by molar-refractivity contribution is -0.137. The first-order chi connectivity index (χ1) is 8.18. The van der Waals surface area contributed by atoms with E-state index >= 15 is 0 Å². The van der Waals surface area contributed by atoms with Crippen LogP contribution in [0.25, 0.3) is 0 Å². The smallest absolute Gasteiger partial charge is 0.272 e. The Hall–Kier alpha value is -0.690. The second-order valence-electron chi connectivity index (χ2n) is 3.18. The minimum Gasteiger partial charge on any atom is -0.272 e. The first-order valence-corrected chi connectivity index (χ1v) is 5.67. The van der Waals surface area contributed by atoms with Gasteiger partial charge in [0.25, 0.3) is 5.91 Å². The Morgan fingerprint density at radius 2 is 1.72 bits per heavy atom. The summed E-state index contributed by atoms with van der Waals surface area (Å²) in [6.07, 6.45) is -4.60. The van der Waals surface area contributed by atoms with Crippen molar-refractivity contribution in [1.29, 1.82) is 0 Å². The van der Waals surface area contributed by atoms with Gasteiger partial charge in [0.2, 0.25) is 0 Å². The Morgan fingerprint density at radius 3 is 2.06 bits per heavy atom. The van der Waals surface area contributed by atoms with Crippen molar-refractivity contribution < 1.29 is 18.0 Å². The van der Waals surface area contributed by atoms with E-state index in [0.717, 1.165) is 0 Å². The number of hydrazine groups is 1. The number of hydrogen-bond donors (Lipinski definition) is 1. The molecule has 1 aromatic rings. The van der Waals surface area contributed by atoms with E-state index in [2.05, 4.69) is 0 Å². The molecule has 100 valence electrons. The van der Waals surface area contributed by atoms with Crippen LogP contribution >= 0.6 is 34.8 Å². The van der Waals surface area contributed by atoms with Gasteiger partial charge in [-0.1, -0.05) is 23.2 Å². The van der Waals surface area contributed by atoms with Crippen LogP contribution in [0.15, 0.2) is 12.1 Å². The molecule has 3 nitrogen and oxygen atoms in total. The summed E-state index contributed by atoms with van der Waals surface area (Å²) >= 11 is 16.5. The average Bonchev–Trinajstić information content (AvgIpc) is 2.25. The van der Waals surface area contributed by atoms with Crippen LogP contribution in [0.4, 0.5) is 18.9 Å². The third-order valence-corrected chi connectivity index (χ3v) is 2.77. The van der Waals surface area contributed by atoms with Gasteiger partial charge < -0.3 is 0 Å². The van der Waals surface area contributed by atoms with Crippen molar-refractivity contribution >= 4 is 46.4 Å². The molecule has 0 bridgehead atoms. The number of carbonyl (C=O) groups is 1. The quantitative estimate of drug-likeness (QED) is 0.392. The average molecular weight is 322 g/mol. The first-order valence-electron chi connectivity index (χ1n) is 4.38. The molecular weight excluding hydrogens is 315 g/mol. The zero-order chi connectivity index (χ0) is 14.1. The molecule has 1 rings (SSSR count). The molecule has 0 saturated heterocycles. The molecule has 0 unspecified atom stereocenters. The molecule has 0 saturated carbocycles. The van der Waals surface area contributed by atoms with Gasteiger partial charge in [-0.3, -0.25) is 4.79 Å². The van der Waals surface area contributed by atoms with Gasteiger partial charge in [0, 0.05) is 0 Å². The predicted octanol–water partition coefficient (Wildman–Crippen LogP) is 3.46. The highest BCUT2D eigenvalue weighted by molar-refractivity contribution is 6.40. The van der Waals surface area contributed by atoms with E-state index in [4.69, 9.17) is 40.6 Å². The van der Waals surface area contributed by atoms with Gasteiger partial charge in [-0.15, -0.1) is 11.6 Å². The normalized spacial score (nSPS) is 11.5. The molecular formula is C9H6Cl3F3N2O. The van der Waals surface area contributed by atoms with E-state index in [1.54, 1.807) is 0 Å². The Morgan fingerprint density at radius 1 is 1.28 bits per heavy atom. The number of halogens is 6. The number of hydrogen-bond acceptors (Lipinski definition) is 2. The lowest BCUT2D eigenvalue weighted by Gasteiger charge is -2.19. The molecule has 0 aliphatic carbocycles. The van der Waals surface area contributed by atoms with Crippen LogP contribution in [0.3, 0.4) is 0 Å². The van der Waals surface area contributed by atoms with Crippen molar-refractivity contribution in [2.75, 3.05) is 10.9 Å². The van der Waals surface area contributed by atoms with Gasteiger partial charge >= 0.3 is 6.18 Å². The van der Waals surface area contributed by atoms with E-state index in [9.17, 15) is 18.0 Å².